The Hall–Kier alpha value is -1.28. The molecule has 2 fully saturated rings. The maximum Gasteiger partial charge on any atom is 0.257 e. The maximum atomic E-state index is 5.85. The van der Waals surface area contributed by atoms with Gasteiger partial charge >= 0.3 is 0 Å². The van der Waals surface area contributed by atoms with Crippen LogP contribution in [0.3, 0.4) is 0 Å². The van der Waals surface area contributed by atoms with Crippen molar-refractivity contribution in [3.05, 3.63) is 23.4 Å². The molecule has 2 saturated heterocycles. The summed E-state index contributed by atoms with van der Waals surface area (Å²) in [6, 6.07) is 5.36. The van der Waals surface area contributed by atoms with E-state index in [1.807, 2.05) is 17.5 Å². The lowest BCUT2D eigenvalue weighted by molar-refractivity contribution is 0.0201. The highest BCUT2D eigenvalue weighted by atomic mass is 32.1. The van der Waals surface area contributed by atoms with Crippen molar-refractivity contribution in [2.75, 3.05) is 39.8 Å². The summed E-state index contributed by atoms with van der Waals surface area (Å²) in [7, 11) is 2.23. The van der Waals surface area contributed by atoms with E-state index in [0.29, 0.717) is 11.9 Å². The van der Waals surface area contributed by atoms with Gasteiger partial charge in [0.2, 0.25) is 5.89 Å². The van der Waals surface area contributed by atoms with Crippen LogP contribution in [0, 0.1) is 0 Å². The first kappa shape index (κ1) is 17.1. The van der Waals surface area contributed by atoms with E-state index in [9.17, 15) is 0 Å². The molecule has 0 saturated carbocycles. The van der Waals surface area contributed by atoms with E-state index in [0.717, 1.165) is 43.0 Å². The average Bonchev–Trinajstić information content (AvgIpc) is 3.27. The van der Waals surface area contributed by atoms with E-state index in [4.69, 9.17) is 4.42 Å². The molecular weight excluding hydrogens is 334 g/mol. The van der Waals surface area contributed by atoms with Crippen molar-refractivity contribution in [2.45, 2.75) is 38.4 Å². The smallest absolute Gasteiger partial charge is 0.257 e. The highest BCUT2D eigenvalue weighted by Crippen LogP contribution is 2.25. The fraction of sp³-hybridized carbons (Fsp3) is 0.667. The summed E-state index contributed by atoms with van der Waals surface area (Å²) in [6.07, 6.45) is 2.60. The van der Waals surface area contributed by atoms with Gasteiger partial charge in [-0.25, -0.2) is 0 Å². The second-order valence-corrected chi connectivity index (χ2v) is 8.28. The fourth-order valence-electron chi connectivity index (χ4n) is 4.07. The number of thiophene rings is 1. The highest BCUT2D eigenvalue weighted by Gasteiger charge is 2.31. The molecule has 6 nitrogen and oxygen atoms in total. The normalized spacial score (nSPS) is 24.8. The van der Waals surface area contributed by atoms with Crippen LogP contribution in [0.25, 0.3) is 10.8 Å². The quantitative estimate of drug-likeness (QED) is 0.833. The van der Waals surface area contributed by atoms with Crippen LogP contribution >= 0.6 is 11.3 Å². The van der Waals surface area contributed by atoms with Crippen molar-refractivity contribution in [1.82, 2.24) is 24.9 Å². The topological polar surface area (TPSA) is 48.6 Å². The Morgan fingerprint density at radius 3 is 2.76 bits per heavy atom. The first-order valence-electron chi connectivity index (χ1n) is 9.22. The van der Waals surface area contributed by atoms with Gasteiger partial charge in [0.15, 0.2) is 0 Å². The summed E-state index contributed by atoms with van der Waals surface area (Å²) in [4.78, 5) is 8.65. The second kappa shape index (κ2) is 7.53. The van der Waals surface area contributed by atoms with Crippen LogP contribution in [0.4, 0.5) is 0 Å². The zero-order valence-corrected chi connectivity index (χ0v) is 15.9. The summed E-state index contributed by atoms with van der Waals surface area (Å²) in [5.41, 5.74) is 0. The van der Waals surface area contributed by atoms with Crippen LogP contribution < -0.4 is 0 Å². The van der Waals surface area contributed by atoms with Crippen LogP contribution in [0.5, 0.6) is 0 Å². The Morgan fingerprint density at radius 1 is 1.20 bits per heavy atom. The minimum atomic E-state index is 0.585. The molecule has 0 radical (unpaired) electrons. The largest absolute Gasteiger partial charge is 0.419 e. The number of hydrogen-bond acceptors (Lipinski definition) is 7. The molecule has 0 aromatic carbocycles. The monoisotopic (exact) mass is 361 g/mol. The number of piperazine rings is 1. The maximum absolute atomic E-state index is 5.85. The van der Waals surface area contributed by atoms with Gasteiger partial charge < -0.3 is 9.32 Å². The molecule has 0 N–H and O–H groups in total. The third kappa shape index (κ3) is 3.95. The third-order valence-corrected chi connectivity index (χ3v) is 6.34. The zero-order chi connectivity index (χ0) is 17.2. The van der Waals surface area contributed by atoms with Gasteiger partial charge in [0, 0.05) is 31.7 Å². The predicted molar refractivity (Wildman–Crippen MR) is 99.6 cm³/mol. The minimum Gasteiger partial charge on any atom is -0.419 e. The summed E-state index contributed by atoms with van der Waals surface area (Å²) >= 11 is 1.63. The summed E-state index contributed by atoms with van der Waals surface area (Å²) < 4.78 is 5.85. The van der Waals surface area contributed by atoms with Crippen LogP contribution in [-0.2, 0) is 6.54 Å². The van der Waals surface area contributed by atoms with E-state index < -0.39 is 0 Å². The molecule has 2 aromatic heterocycles. The molecular formula is C18H27N5OS. The molecule has 0 aliphatic carbocycles. The molecule has 0 amide bonds. The first-order chi connectivity index (χ1) is 12.2. The number of hydrogen-bond donors (Lipinski definition) is 0. The van der Waals surface area contributed by atoms with E-state index in [-0.39, 0.29) is 0 Å². The fourth-order valence-corrected chi connectivity index (χ4v) is 4.71. The SMILES string of the molecule is CC1CN(Cc2nnc(-c3cccs3)o2)CCN1C1CCN(C)CC1. The van der Waals surface area contributed by atoms with E-state index in [1.165, 1.54) is 25.9 Å². The molecule has 2 aliphatic rings. The molecule has 1 unspecified atom stereocenters. The van der Waals surface area contributed by atoms with Gasteiger partial charge in [-0.1, -0.05) is 6.07 Å². The lowest BCUT2D eigenvalue weighted by Gasteiger charge is -2.45. The van der Waals surface area contributed by atoms with Crippen LogP contribution in [0.2, 0.25) is 0 Å². The summed E-state index contributed by atoms with van der Waals surface area (Å²) in [6.45, 7) is 8.85. The first-order valence-corrected chi connectivity index (χ1v) is 10.1. The number of rotatable bonds is 4. The van der Waals surface area contributed by atoms with Gasteiger partial charge in [-0.05, 0) is 51.3 Å². The summed E-state index contributed by atoms with van der Waals surface area (Å²) in [5.74, 6) is 1.37. The Bertz CT molecular complexity index is 665. The lowest BCUT2D eigenvalue weighted by atomic mass is 10.0. The Balaban J connectivity index is 1.32. The van der Waals surface area contributed by atoms with Crippen molar-refractivity contribution in [1.29, 1.82) is 0 Å². The van der Waals surface area contributed by atoms with Crippen molar-refractivity contribution in [3.63, 3.8) is 0 Å². The van der Waals surface area contributed by atoms with Gasteiger partial charge in [0.1, 0.15) is 0 Å². The van der Waals surface area contributed by atoms with Crippen molar-refractivity contribution < 1.29 is 4.42 Å². The molecule has 2 aliphatic heterocycles. The number of likely N-dealkylation sites (tertiary alicyclic amines) is 1. The van der Waals surface area contributed by atoms with Crippen LogP contribution in [-0.4, -0.2) is 76.8 Å². The Morgan fingerprint density at radius 2 is 2.04 bits per heavy atom. The Labute approximate surface area is 153 Å². The van der Waals surface area contributed by atoms with E-state index >= 15 is 0 Å². The molecule has 0 bridgehead atoms. The predicted octanol–water partition coefficient (Wildman–Crippen LogP) is 2.40. The minimum absolute atomic E-state index is 0.585. The number of nitrogens with zero attached hydrogens (tertiary/aromatic N) is 5. The molecule has 136 valence electrons. The van der Waals surface area contributed by atoms with Gasteiger partial charge in [-0.3, -0.25) is 9.80 Å². The molecule has 1 atom stereocenters. The van der Waals surface area contributed by atoms with Crippen molar-refractivity contribution >= 4 is 11.3 Å². The van der Waals surface area contributed by atoms with Crippen LogP contribution in [0.1, 0.15) is 25.7 Å². The average molecular weight is 362 g/mol. The molecule has 25 heavy (non-hydrogen) atoms. The number of piperidine rings is 1. The van der Waals surface area contributed by atoms with Gasteiger partial charge in [-0.15, -0.1) is 21.5 Å². The van der Waals surface area contributed by atoms with Crippen LogP contribution in [0.15, 0.2) is 21.9 Å². The molecule has 4 heterocycles. The molecule has 7 heteroatoms. The molecule has 0 spiro atoms. The lowest BCUT2D eigenvalue weighted by Crippen LogP contribution is -2.57. The van der Waals surface area contributed by atoms with Gasteiger partial charge in [-0.2, -0.15) is 0 Å². The van der Waals surface area contributed by atoms with Gasteiger partial charge in [0.25, 0.3) is 5.89 Å². The highest BCUT2D eigenvalue weighted by molar-refractivity contribution is 7.13. The standard InChI is InChI=1S/C18H27N5OS/c1-14-12-22(9-10-23(14)15-5-7-21(2)8-6-15)13-17-19-20-18(24-17)16-4-3-11-25-16/h3-4,11,14-15H,5-10,12-13H2,1-2H3. The number of aromatic nitrogens is 2. The van der Waals surface area contributed by atoms with Crippen molar-refractivity contribution in [3.8, 4) is 10.8 Å². The molecule has 2 aromatic rings. The van der Waals surface area contributed by atoms with Gasteiger partial charge in [0.05, 0.1) is 11.4 Å². The van der Waals surface area contributed by atoms with E-state index in [2.05, 4.69) is 38.9 Å². The molecule has 4 rings (SSSR count). The zero-order valence-electron chi connectivity index (χ0n) is 15.1. The third-order valence-electron chi connectivity index (χ3n) is 5.48. The van der Waals surface area contributed by atoms with E-state index in [1.54, 1.807) is 11.3 Å². The summed E-state index contributed by atoms with van der Waals surface area (Å²) in [5, 5.41) is 10.5. The Kier molecular flexibility index (Phi) is 5.17. The van der Waals surface area contributed by atoms with Crippen molar-refractivity contribution in [2.24, 2.45) is 0 Å². The second-order valence-electron chi connectivity index (χ2n) is 7.33.